The molecule has 0 unspecified atom stereocenters. The van der Waals surface area contributed by atoms with Gasteiger partial charge in [-0.15, -0.1) is 0 Å². The van der Waals surface area contributed by atoms with Crippen LogP contribution in [-0.4, -0.2) is 59.3 Å². The minimum absolute atomic E-state index is 0.111. The van der Waals surface area contributed by atoms with Gasteiger partial charge in [0, 0.05) is 26.9 Å². The van der Waals surface area contributed by atoms with E-state index in [2.05, 4.69) is 5.32 Å². The van der Waals surface area contributed by atoms with E-state index in [-0.39, 0.29) is 31.4 Å². The third-order valence-electron chi connectivity index (χ3n) is 2.35. The zero-order valence-electron chi connectivity index (χ0n) is 9.99. The van der Waals surface area contributed by atoms with Gasteiger partial charge in [0.1, 0.15) is 0 Å². The van der Waals surface area contributed by atoms with E-state index in [9.17, 15) is 9.59 Å². The molecule has 0 saturated heterocycles. The molecule has 0 aromatic carbocycles. The van der Waals surface area contributed by atoms with Crippen LogP contribution in [-0.2, 0) is 9.59 Å². The van der Waals surface area contributed by atoms with Crippen molar-refractivity contribution in [2.45, 2.75) is 25.8 Å². The second-order valence-electron chi connectivity index (χ2n) is 4.12. The van der Waals surface area contributed by atoms with Gasteiger partial charge < -0.3 is 20.4 Å². The molecule has 6 heteroatoms. The number of hydrogen-bond acceptors (Lipinski definition) is 4. The Labute approximate surface area is 95.2 Å². The molecule has 16 heavy (non-hydrogen) atoms. The lowest BCUT2D eigenvalue weighted by atomic mass is 10.1. The number of aliphatic hydroxyl groups is 2. The SMILES string of the molecule is CC(=O)N(C)CCC(=O)NC(C)(CO)CO. The van der Waals surface area contributed by atoms with E-state index in [1.54, 1.807) is 14.0 Å². The molecule has 0 radical (unpaired) electrons. The molecule has 3 N–H and O–H groups in total. The predicted octanol–water partition coefficient (Wildman–Crippen LogP) is -1.29. The normalized spacial score (nSPS) is 11.1. The number of carbonyl (C=O) groups excluding carboxylic acids is 2. The lowest BCUT2D eigenvalue weighted by molar-refractivity contribution is -0.129. The van der Waals surface area contributed by atoms with E-state index in [1.165, 1.54) is 11.8 Å². The van der Waals surface area contributed by atoms with Crippen molar-refractivity contribution in [1.82, 2.24) is 10.2 Å². The Morgan fingerprint density at radius 3 is 2.19 bits per heavy atom. The Bertz CT molecular complexity index is 251. The summed E-state index contributed by atoms with van der Waals surface area (Å²) in [5, 5.41) is 20.4. The maximum atomic E-state index is 11.4. The van der Waals surface area contributed by atoms with E-state index in [0.29, 0.717) is 6.54 Å². The van der Waals surface area contributed by atoms with Crippen LogP contribution in [0, 0.1) is 0 Å². The summed E-state index contributed by atoms with van der Waals surface area (Å²) in [6.07, 6.45) is 0.145. The fourth-order valence-corrected chi connectivity index (χ4v) is 0.955. The number of nitrogens with one attached hydrogen (secondary N) is 1. The van der Waals surface area contributed by atoms with Gasteiger partial charge in [-0.3, -0.25) is 9.59 Å². The Balaban J connectivity index is 4.04. The van der Waals surface area contributed by atoms with Crippen LogP contribution < -0.4 is 5.32 Å². The van der Waals surface area contributed by atoms with Gasteiger partial charge >= 0.3 is 0 Å². The van der Waals surface area contributed by atoms with Crippen molar-refractivity contribution < 1.29 is 19.8 Å². The average molecular weight is 232 g/mol. The summed E-state index contributed by atoms with van der Waals surface area (Å²) in [5.74, 6) is -0.418. The Morgan fingerprint density at radius 1 is 1.31 bits per heavy atom. The molecule has 0 bridgehead atoms. The molecule has 0 saturated carbocycles. The predicted molar refractivity (Wildman–Crippen MR) is 58.6 cm³/mol. The van der Waals surface area contributed by atoms with E-state index in [1.807, 2.05) is 0 Å². The Kier molecular flexibility index (Phi) is 5.98. The van der Waals surface area contributed by atoms with Crippen molar-refractivity contribution in [1.29, 1.82) is 0 Å². The smallest absolute Gasteiger partial charge is 0.222 e. The molecule has 0 atom stereocenters. The minimum atomic E-state index is -1.01. The zero-order chi connectivity index (χ0) is 12.8. The molecule has 0 aromatic heterocycles. The van der Waals surface area contributed by atoms with Crippen LogP contribution in [0.2, 0.25) is 0 Å². The van der Waals surface area contributed by atoms with Gasteiger partial charge in [0.25, 0.3) is 0 Å². The highest BCUT2D eigenvalue weighted by atomic mass is 16.3. The third kappa shape index (κ3) is 5.09. The summed E-state index contributed by atoms with van der Waals surface area (Å²) in [6, 6.07) is 0. The average Bonchev–Trinajstić information content (AvgIpc) is 2.25. The molecule has 0 aliphatic carbocycles. The highest BCUT2D eigenvalue weighted by molar-refractivity contribution is 5.78. The second kappa shape index (κ2) is 6.44. The highest BCUT2D eigenvalue weighted by Gasteiger charge is 2.24. The Hall–Kier alpha value is -1.14. The summed E-state index contributed by atoms with van der Waals surface area (Å²) in [6.45, 7) is 2.60. The van der Waals surface area contributed by atoms with Gasteiger partial charge in [-0.2, -0.15) is 0 Å². The second-order valence-corrected chi connectivity index (χ2v) is 4.12. The summed E-state index contributed by atoms with van der Waals surface area (Å²) in [4.78, 5) is 23.7. The van der Waals surface area contributed by atoms with Crippen molar-refractivity contribution in [2.24, 2.45) is 0 Å². The van der Waals surface area contributed by atoms with Crippen LogP contribution in [0.5, 0.6) is 0 Å². The molecule has 94 valence electrons. The van der Waals surface area contributed by atoms with E-state index in [4.69, 9.17) is 10.2 Å². The first-order valence-corrected chi connectivity index (χ1v) is 5.09. The van der Waals surface area contributed by atoms with Crippen LogP contribution in [0.15, 0.2) is 0 Å². The lowest BCUT2D eigenvalue weighted by Crippen LogP contribution is -2.52. The first kappa shape index (κ1) is 14.9. The fourth-order valence-electron chi connectivity index (χ4n) is 0.955. The van der Waals surface area contributed by atoms with Gasteiger partial charge in [-0.05, 0) is 6.92 Å². The van der Waals surface area contributed by atoms with Crippen LogP contribution >= 0.6 is 0 Å². The molecule has 0 rings (SSSR count). The maximum absolute atomic E-state index is 11.4. The van der Waals surface area contributed by atoms with Crippen molar-refractivity contribution in [3.63, 3.8) is 0 Å². The van der Waals surface area contributed by atoms with Crippen molar-refractivity contribution in [2.75, 3.05) is 26.8 Å². The number of amides is 2. The topological polar surface area (TPSA) is 89.9 Å². The summed E-state index contributed by atoms with van der Waals surface area (Å²) >= 11 is 0. The molecule has 0 aromatic rings. The van der Waals surface area contributed by atoms with Crippen molar-refractivity contribution >= 4 is 11.8 Å². The van der Waals surface area contributed by atoms with E-state index >= 15 is 0 Å². The third-order valence-corrected chi connectivity index (χ3v) is 2.35. The quantitative estimate of drug-likeness (QED) is 0.532. The van der Waals surface area contributed by atoms with Crippen LogP contribution in [0.1, 0.15) is 20.3 Å². The summed E-state index contributed by atoms with van der Waals surface area (Å²) in [5.41, 5.74) is -1.01. The molecule has 0 fully saturated rings. The molecule has 6 nitrogen and oxygen atoms in total. The standard InChI is InChI=1S/C10H20N2O4/c1-8(15)12(3)5-4-9(16)11-10(2,6-13)7-14/h13-14H,4-7H2,1-3H3,(H,11,16). The summed E-state index contributed by atoms with van der Waals surface area (Å²) in [7, 11) is 1.60. The Morgan fingerprint density at radius 2 is 1.81 bits per heavy atom. The number of nitrogens with zero attached hydrogens (tertiary/aromatic N) is 1. The van der Waals surface area contributed by atoms with Crippen LogP contribution in [0.25, 0.3) is 0 Å². The van der Waals surface area contributed by atoms with E-state index in [0.717, 1.165) is 0 Å². The minimum Gasteiger partial charge on any atom is -0.394 e. The lowest BCUT2D eigenvalue weighted by Gasteiger charge is -2.26. The number of aliphatic hydroxyl groups excluding tert-OH is 2. The first-order chi connectivity index (χ1) is 7.34. The molecular weight excluding hydrogens is 212 g/mol. The zero-order valence-corrected chi connectivity index (χ0v) is 9.99. The van der Waals surface area contributed by atoms with Crippen LogP contribution in [0.4, 0.5) is 0 Å². The number of rotatable bonds is 6. The fraction of sp³-hybridized carbons (Fsp3) is 0.800. The monoisotopic (exact) mass is 232 g/mol. The maximum Gasteiger partial charge on any atom is 0.222 e. The van der Waals surface area contributed by atoms with Gasteiger partial charge in [-0.25, -0.2) is 0 Å². The molecule has 0 aliphatic heterocycles. The highest BCUT2D eigenvalue weighted by Crippen LogP contribution is 2.01. The molecule has 0 aliphatic rings. The largest absolute Gasteiger partial charge is 0.394 e. The van der Waals surface area contributed by atoms with Gasteiger partial charge in [0.2, 0.25) is 11.8 Å². The van der Waals surface area contributed by atoms with Gasteiger partial charge in [0.05, 0.1) is 18.8 Å². The van der Waals surface area contributed by atoms with Gasteiger partial charge in [0.15, 0.2) is 0 Å². The summed E-state index contributed by atoms with van der Waals surface area (Å²) < 4.78 is 0. The number of carbonyl (C=O) groups is 2. The number of hydrogen-bond donors (Lipinski definition) is 3. The van der Waals surface area contributed by atoms with Crippen molar-refractivity contribution in [3.05, 3.63) is 0 Å². The molecule has 2 amide bonds. The molecule has 0 heterocycles. The molecule has 0 spiro atoms. The van der Waals surface area contributed by atoms with Crippen molar-refractivity contribution in [3.8, 4) is 0 Å². The van der Waals surface area contributed by atoms with Crippen LogP contribution in [0.3, 0.4) is 0 Å². The van der Waals surface area contributed by atoms with Gasteiger partial charge in [-0.1, -0.05) is 0 Å². The van der Waals surface area contributed by atoms with E-state index < -0.39 is 5.54 Å². The first-order valence-electron chi connectivity index (χ1n) is 5.09. The molecular formula is C10H20N2O4.